The van der Waals surface area contributed by atoms with E-state index in [1.807, 2.05) is 62.6 Å². The number of anilines is 1. The van der Waals surface area contributed by atoms with Crippen LogP contribution < -0.4 is 15.4 Å². The fourth-order valence-corrected chi connectivity index (χ4v) is 4.70. The van der Waals surface area contributed by atoms with E-state index in [0.717, 1.165) is 41.6 Å². The molecule has 1 aliphatic carbocycles. The molecule has 2 aromatic carbocycles. The van der Waals surface area contributed by atoms with Gasteiger partial charge in [0, 0.05) is 5.69 Å². The van der Waals surface area contributed by atoms with Gasteiger partial charge in [-0.1, -0.05) is 30.7 Å². The predicted molar refractivity (Wildman–Crippen MR) is 151 cm³/mol. The van der Waals surface area contributed by atoms with Gasteiger partial charge in [0.2, 0.25) is 11.8 Å². The molecule has 0 spiro atoms. The molecule has 1 atom stereocenters. The van der Waals surface area contributed by atoms with Gasteiger partial charge in [0.05, 0.1) is 11.1 Å². The van der Waals surface area contributed by atoms with Gasteiger partial charge in [-0.05, 0) is 105 Å². The first-order chi connectivity index (χ1) is 18.2. The highest BCUT2D eigenvalue weighted by Gasteiger charge is 2.52. The Morgan fingerprint density at radius 3 is 2.37 bits per heavy atom. The van der Waals surface area contributed by atoms with Crippen LogP contribution in [0.2, 0.25) is 0 Å². The van der Waals surface area contributed by atoms with E-state index in [1.54, 1.807) is 6.92 Å². The molecule has 1 fully saturated rings. The number of unbranched alkanes of at least 4 members (excludes halogenated alkanes) is 1. The lowest BCUT2D eigenvalue weighted by Crippen LogP contribution is -2.56. The van der Waals surface area contributed by atoms with Crippen LogP contribution in [0.5, 0.6) is 5.75 Å². The van der Waals surface area contributed by atoms with E-state index in [-0.39, 0.29) is 12.5 Å². The maximum Gasteiger partial charge on any atom is 0.321 e. The molecule has 0 radical (unpaired) electrons. The molecule has 9 heteroatoms. The summed E-state index contributed by atoms with van der Waals surface area (Å²) in [6, 6.07) is 14.3. The summed E-state index contributed by atoms with van der Waals surface area (Å²) >= 11 is 3.47. The van der Waals surface area contributed by atoms with Gasteiger partial charge in [-0.25, -0.2) is 0 Å². The lowest BCUT2D eigenvalue weighted by molar-refractivity contribution is -0.167. The first-order valence-electron chi connectivity index (χ1n) is 13.1. The summed E-state index contributed by atoms with van der Waals surface area (Å²) in [5.74, 6) is -0.478. The van der Waals surface area contributed by atoms with Gasteiger partial charge in [0.15, 0.2) is 0 Å². The molecule has 0 aromatic heterocycles. The zero-order valence-electron chi connectivity index (χ0n) is 22.4. The van der Waals surface area contributed by atoms with Gasteiger partial charge in [-0.3, -0.25) is 14.4 Å². The van der Waals surface area contributed by atoms with Crippen molar-refractivity contribution in [2.75, 3.05) is 32.6 Å². The molecule has 38 heavy (non-hydrogen) atoms. The van der Waals surface area contributed by atoms with Crippen LogP contribution >= 0.6 is 15.9 Å². The second-order valence-corrected chi connectivity index (χ2v) is 10.7. The van der Waals surface area contributed by atoms with Crippen molar-refractivity contribution >= 4 is 39.4 Å². The van der Waals surface area contributed by atoms with Crippen molar-refractivity contribution in [1.82, 2.24) is 10.2 Å². The molecule has 8 nitrogen and oxygen atoms in total. The number of amides is 2. The maximum atomic E-state index is 13.3. The summed E-state index contributed by atoms with van der Waals surface area (Å²) in [5, 5.41) is 5.79. The third-order valence-corrected chi connectivity index (χ3v) is 7.39. The summed E-state index contributed by atoms with van der Waals surface area (Å²) in [6.07, 6.45) is 3.78. The molecular weight excluding hydrogens is 550 g/mol. The van der Waals surface area contributed by atoms with Gasteiger partial charge in [-0.2, -0.15) is 0 Å². The van der Waals surface area contributed by atoms with Crippen LogP contribution in [0.15, 0.2) is 53.0 Å². The summed E-state index contributed by atoms with van der Waals surface area (Å²) in [7, 11) is 4.00. The van der Waals surface area contributed by atoms with Gasteiger partial charge < -0.3 is 25.0 Å². The van der Waals surface area contributed by atoms with E-state index in [1.165, 1.54) is 0 Å². The monoisotopic (exact) mass is 587 g/mol. The molecule has 0 bridgehead atoms. The minimum Gasteiger partial charge on any atom is -0.488 e. The molecule has 2 N–H and O–H groups in total. The zero-order valence-corrected chi connectivity index (χ0v) is 24.0. The fourth-order valence-electron chi connectivity index (χ4n) is 4.30. The van der Waals surface area contributed by atoms with Crippen LogP contribution in [0.25, 0.3) is 0 Å². The second kappa shape index (κ2) is 14.3. The topological polar surface area (TPSA) is 97.0 Å². The number of hydrogen-bond acceptors (Lipinski definition) is 6. The Morgan fingerprint density at radius 2 is 1.76 bits per heavy atom. The predicted octanol–water partition coefficient (Wildman–Crippen LogP) is 4.92. The van der Waals surface area contributed by atoms with Crippen molar-refractivity contribution in [2.24, 2.45) is 5.41 Å². The number of nitrogens with zero attached hydrogens (tertiary/aromatic N) is 1. The Balaban J connectivity index is 1.63. The normalized spacial score (nSPS) is 14.8. The second-order valence-electron chi connectivity index (χ2n) is 9.89. The van der Waals surface area contributed by atoms with Crippen molar-refractivity contribution in [1.29, 1.82) is 0 Å². The highest BCUT2D eigenvalue weighted by molar-refractivity contribution is 9.10. The molecule has 0 heterocycles. The number of hydrogen-bond donors (Lipinski definition) is 2. The molecule has 1 saturated carbocycles. The Kier molecular flexibility index (Phi) is 11.2. The number of esters is 1. The van der Waals surface area contributed by atoms with E-state index in [0.29, 0.717) is 31.6 Å². The third-order valence-electron chi connectivity index (χ3n) is 6.73. The van der Waals surface area contributed by atoms with Gasteiger partial charge in [0.1, 0.15) is 23.8 Å². The summed E-state index contributed by atoms with van der Waals surface area (Å²) in [6.45, 7) is 3.21. The molecule has 3 rings (SSSR count). The number of para-hydroxylation sites is 1. The minimum absolute atomic E-state index is 0.214. The van der Waals surface area contributed by atoms with E-state index in [9.17, 15) is 14.4 Å². The highest BCUT2D eigenvalue weighted by Crippen LogP contribution is 2.42. The van der Waals surface area contributed by atoms with E-state index >= 15 is 0 Å². The summed E-state index contributed by atoms with van der Waals surface area (Å²) < 4.78 is 11.9. The molecule has 0 aliphatic heterocycles. The number of carbonyl (C=O) groups is 3. The maximum absolute atomic E-state index is 13.3. The number of rotatable bonds is 14. The molecule has 0 saturated heterocycles. The van der Waals surface area contributed by atoms with E-state index < -0.39 is 23.3 Å². The zero-order chi connectivity index (χ0) is 27.5. The van der Waals surface area contributed by atoms with E-state index in [4.69, 9.17) is 9.47 Å². The molecule has 2 aromatic rings. The summed E-state index contributed by atoms with van der Waals surface area (Å²) in [4.78, 5) is 41.1. The van der Waals surface area contributed by atoms with Crippen molar-refractivity contribution in [3.8, 4) is 5.75 Å². The number of nitrogens with one attached hydrogen (secondary N) is 2. The summed E-state index contributed by atoms with van der Waals surface area (Å²) in [5.41, 5.74) is 0.387. The minimum atomic E-state index is -1.19. The third kappa shape index (κ3) is 8.04. The van der Waals surface area contributed by atoms with Crippen LogP contribution in [0, 0.1) is 5.41 Å². The molecule has 1 aliphatic rings. The first kappa shape index (κ1) is 29.6. The molecular formula is C29H38BrN3O5. The van der Waals surface area contributed by atoms with Crippen LogP contribution in [0.3, 0.4) is 0 Å². The SMILES string of the molecule is CCOC(=O)C1(C(=O)NC(CCCCN(C)C)C(=O)Nc2ccc(COc3ccccc3Br)cc2)CCC1. The Hall–Kier alpha value is -2.91. The van der Waals surface area contributed by atoms with Gasteiger partial charge in [-0.15, -0.1) is 0 Å². The number of carbonyl (C=O) groups excluding carboxylic acids is 3. The van der Waals surface area contributed by atoms with E-state index in [2.05, 4.69) is 31.5 Å². The van der Waals surface area contributed by atoms with Crippen molar-refractivity contribution in [3.05, 3.63) is 58.6 Å². The van der Waals surface area contributed by atoms with Crippen molar-refractivity contribution in [2.45, 2.75) is 58.1 Å². The largest absolute Gasteiger partial charge is 0.488 e. The lowest BCUT2D eigenvalue weighted by atomic mass is 9.68. The smallest absolute Gasteiger partial charge is 0.321 e. The molecule has 1 unspecified atom stereocenters. The Labute approximate surface area is 233 Å². The van der Waals surface area contributed by atoms with Crippen molar-refractivity contribution in [3.63, 3.8) is 0 Å². The molecule has 206 valence electrons. The van der Waals surface area contributed by atoms with Crippen LogP contribution in [-0.2, 0) is 25.7 Å². The van der Waals surface area contributed by atoms with Crippen LogP contribution in [-0.4, -0.2) is 56.0 Å². The Morgan fingerprint density at radius 1 is 1.05 bits per heavy atom. The number of ether oxygens (including phenoxy) is 2. The molecule has 2 amide bonds. The number of benzene rings is 2. The first-order valence-corrected chi connectivity index (χ1v) is 13.9. The lowest BCUT2D eigenvalue weighted by Gasteiger charge is -2.38. The number of halogens is 1. The average Bonchev–Trinajstić information content (AvgIpc) is 2.85. The van der Waals surface area contributed by atoms with Gasteiger partial charge >= 0.3 is 5.97 Å². The van der Waals surface area contributed by atoms with Gasteiger partial charge in [0.25, 0.3) is 0 Å². The highest BCUT2D eigenvalue weighted by atomic mass is 79.9. The van der Waals surface area contributed by atoms with Crippen LogP contribution in [0.4, 0.5) is 5.69 Å². The average molecular weight is 589 g/mol. The standard InChI is InChI=1S/C29H38BrN3O5/c1-4-37-28(36)29(17-9-18-29)27(35)32-24(11-7-8-19-33(2)3)26(34)31-22-15-13-21(14-16-22)20-38-25-12-6-5-10-23(25)30/h5-6,10,12-16,24H,4,7-9,11,17-20H2,1-3H3,(H,31,34)(H,32,35). The fraction of sp³-hybridized carbons (Fsp3) is 0.483. The Bertz CT molecular complexity index is 1090. The van der Waals surface area contributed by atoms with Crippen LogP contribution in [0.1, 0.15) is 51.0 Å². The quantitative estimate of drug-likeness (QED) is 0.185. The van der Waals surface area contributed by atoms with Crippen molar-refractivity contribution < 1.29 is 23.9 Å².